The summed E-state index contributed by atoms with van der Waals surface area (Å²) in [4.78, 5) is 22.6. The molecule has 5 heterocycles. The maximum Gasteiger partial charge on any atom is 0.242 e. The van der Waals surface area contributed by atoms with Gasteiger partial charge in [-0.2, -0.15) is 15.0 Å². The summed E-state index contributed by atoms with van der Waals surface area (Å²) in [6, 6.07) is 124. The zero-order valence-corrected chi connectivity index (χ0v) is 51.9. The number of hydrogen-bond donors (Lipinski definition) is 0. The van der Waals surface area contributed by atoms with Crippen molar-refractivity contribution in [1.82, 2.24) is 38.0 Å². The average Bonchev–Trinajstić information content (AvgIpc) is 1.36. The van der Waals surface area contributed by atoms with Gasteiger partial charge in [-0.05, 0) is 102 Å². The molecular weight excluding hydrogens is 1150 g/mol. The maximum atomic E-state index is 5.72. The Hall–Kier alpha value is -11.8. The molecule has 18 aromatic rings. The molecule has 92 heavy (non-hydrogen) atoms. The van der Waals surface area contributed by atoms with Crippen LogP contribution in [0, 0.1) is 0 Å². The molecule has 0 aliphatic heterocycles. The number of nitrogens with zero attached hydrogens (tertiary/aromatic N) is 8. The molecule has 0 bridgehead atoms. The fraction of sp³-hybridized carbons (Fsp3) is 0. The molecule has 13 aromatic carbocycles. The molecule has 0 saturated heterocycles. The third kappa shape index (κ3) is 8.07. The van der Waals surface area contributed by atoms with Gasteiger partial charge in [-0.25, -0.2) is 9.55 Å². The van der Waals surface area contributed by atoms with E-state index >= 15 is 0 Å². The molecule has 5 aromatic heterocycles. The van der Waals surface area contributed by atoms with Crippen molar-refractivity contribution in [2.45, 2.75) is 0 Å². The fourth-order valence-electron chi connectivity index (χ4n) is 15.0. The van der Waals surface area contributed by atoms with E-state index in [9.17, 15) is 0 Å². The van der Waals surface area contributed by atoms with E-state index in [4.69, 9.17) is 19.9 Å². The van der Waals surface area contributed by atoms with Crippen molar-refractivity contribution < 1.29 is 0 Å². The highest BCUT2D eigenvalue weighted by molar-refractivity contribution is 7.20. The number of rotatable bonds is 12. The summed E-state index contributed by atoms with van der Waals surface area (Å²) >= 11 is 0. The Morgan fingerprint density at radius 2 is 0.620 bits per heavy atom. The van der Waals surface area contributed by atoms with Gasteiger partial charge in [-0.1, -0.05) is 279 Å². The third-order valence-electron chi connectivity index (χ3n) is 18.9. The zero-order chi connectivity index (χ0) is 60.7. The van der Waals surface area contributed by atoms with E-state index in [2.05, 4.69) is 358 Å². The second-order valence-electron chi connectivity index (χ2n) is 23.7. The first-order chi connectivity index (χ1) is 45.6. The van der Waals surface area contributed by atoms with E-state index in [-0.39, 0.29) is 0 Å². The largest absolute Gasteiger partial charge is 0.309 e. The molecule has 0 radical (unpaired) electrons. The predicted octanol–water partition coefficient (Wildman–Crippen LogP) is 13.2. The lowest BCUT2D eigenvalue weighted by Crippen LogP contribution is -2.74. The van der Waals surface area contributed by atoms with Crippen LogP contribution in [0.5, 0.6) is 0 Å². The molecular formula is C82H56N8Si2. The van der Waals surface area contributed by atoms with Crippen molar-refractivity contribution >= 4 is 129 Å². The molecule has 0 N–H and O–H groups in total. The molecule has 0 saturated carbocycles. The Kier molecular flexibility index (Phi) is 12.4. The van der Waals surface area contributed by atoms with Crippen molar-refractivity contribution in [2.24, 2.45) is 0 Å². The Bertz CT molecular complexity index is 5580. The molecule has 0 spiro atoms. The fourth-order valence-corrected chi connectivity index (χ4v) is 24.6. The van der Waals surface area contributed by atoms with Gasteiger partial charge in [0.25, 0.3) is 0 Å². The van der Waals surface area contributed by atoms with Crippen LogP contribution in [0.1, 0.15) is 0 Å². The first-order valence-electron chi connectivity index (χ1n) is 31.3. The molecule has 0 aliphatic carbocycles. The van der Waals surface area contributed by atoms with Crippen LogP contribution in [0.3, 0.4) is 0 Å². The molecule has 10 heteroatoms. The Morgan fingerprint density at radius 1 is 0.228 bits per heavy atom. The van der Waals surface area contributed by atoms with E-state index in [0.717, 1.165) is 66.2 Å². The number of fused-ring (bicyclic) bond motifs is 11. The molecule has 0 atom stereocenters. The van der Waals surface area contributed by atoms with Crippen LogP contribution >= 0.6 is 0 Å². The quantitative estimate of drug-likeness (QED) is 0.0903. The van der Waals surface area contributed by atoms with Gasteiger partial charge in [-0.15, -0.1) is 0 Å². The number of aromatic nitrogens is 8. The highest BCUT2D eigenvalue weighted by atomic mass is 28.3. The number of imidazole rings is 2. The predicted molar refractivity (Wildman–Crippen MR) is 384 cm³/mol. The molecule has 432 valence electrons. The van der Waals surface area contributed by atoms with Crippen LogP contribution in [-0.4, -0.2) is 54.2 Å². The number of benzene rings is 13. The summed E-state index contributed by atoms with van der Waals surface area (Å²) in [7, 11) is -5.87. The Labute approximate surface area is 532 Å². The van der Waals surface area contributed by atoms with Crippen LogP contribution in [-0.2, 0) is 0 Å². The van der Waals surface area contributed by atoms with Crippen molar-refractivity contribution in [3.05, 3.63) is 340 Å². The molecule has 0 aliphatic rings. The lowest BCUT2D eigenvalue weighted by atomic mass is 10.1. The Balaban J connectivity index is 0.901. The number of hydrogen-bond acceptors (Lipinski definition) is 4. The summed E-state index contributed by atoms with van der Waals surface area (Å²) < 4.78 is 9.05. The van der Waals surface area contributed by atoms with Crippen LogP contribution in [0.15, 0.2) is 340 Å². The number of para-hydroxylation sites is 5. The van der Waals surface area contributed by atoms with Gasteiger partial charge >= 0.3 is 0 Å². The van der Waals surface area contributed by atoms with E-state index in [0.29, 0.717) is 23.5 Å². The second kappa shape index (κ2) is 21.5. The van der Waals surface area contributed by atoms with Crippen LogP contribution < -0.4 is 41.5 Å². The molecule has 18 rings (SSSR count). The van der Waals surface area contributed by atoms with E-state index in [1.807, 2.05) is 0 Å². The first-order valence-corrected chi connectivity index (χ1v) is 35.3. The van der Waals surface area contributed by atoms with Crippen LogP contribution in [0.25, 0.3) is 100 Å². The van der Waals surface area contributed by atoms with E-state index < -0.39 is 16.1 Å². The SMILES string of the molecule is c1ccc([Si](c2ccccc2)(c2ccccc2)c2ccc3c(c2)c2ccccc2n3-c2nc(-c3cccc(-n4c5ccccc5c5ccccc54)c3)nc(-n3c4ccccc4n4c5cc([Si](c6ccccc6)(c6ccccc6)c6ccccc6)ccc5nc34)n2)cc1. The van der Waals surface area contributed by atoms with Crippen molar-refractivity contribution in [1.29, 1.82) is 0 Å². The summed E-state index contributed by atoms with van der Waals surface area (Å²) in [6.07, 6.45) is 0. The maximum absolute atomic E-state index is 5.72. The van der Waals surface area contributed by atoms with Gasteiger partial charge in [0.1, 0.15) is 0 Å². The average molecular weight is 1210 g/mol. The lowest BCUT2D eigenvalue weighted by molar-refractivity contribution is 0.884. The van der Waals surface area contributed by atoms with Gasteiger partial charge in [0, 0.05) is 32.8 Å². The molecule has 8 nitrogen and oxygen atoms in total. The standard InChI is InChI=1S/C82H56N8Si2/c1-7-30-59(31-8-1)91(60-32-9-2-10-33-60,61-34-11-3-12-35-61)65-51-53-75-70(55-65)69-44-21-24-47-74(69)88(75)80-84-79(57-28-27-29-58(54-57)87-72-45-22-19-42-67(72)68-43-20-23-46-73(68)87)85-81(86-80)90-77-49-26-25-48-76(77)89-78-56-66(50-52-71(78)83-82(89)90)92(62-36-13-4-14-37-62,63-38-15-5-16-39-63)64-40-17-6-18-41-64/h1-56H. The normalized spacial score (nSPS) is 12.1. The van der Waals surface area contributed by atoms with Crippen LogP contribution in [0.4, 0.5) is 0 Å². The second-order valence-corrected chi connectivity index (χ2v) is 31.4. The first kappa shape index (κ1) is 53.2. The highest BCUT2D eigenvalue weighted by Gasteiger charge is 2.43. The molecule has 0 amide bonds. The minimum absolute atomic E-state index is 0.446. The topological polar surface area (TPSA) is 70.8 Å². The molecule has 0 unspecified atom stereocenters. The minimum Gasteiger partial charge on any atom is -0.309 e. The lowest BCUT2D eigenvalue weighted by Gasteiger charge is -2.34. The Morgan fingerprint density at radius 3 is 1.12 bits per heavy atom. The minimum atomic E-state index is -2.94. The summed E-state index contributed by atoms with van der Waals surface area (Å²) in [6.45, 7) is 0. The highest BCUT2D eigenvalue weighted by Crippen LogP contribution is 2.36. The van der Waals surface area contributed by atoms with Crippen molar-refractivity contribution in [3.8, 4) is 29.0 Å². The van der Waals surface area contributed by atoms with Gasteiger partial charge in [0.2, 0.25) is 17.7 Å². The molecule has 0 fully saturated rings. The zero-order valence-electron chi connectivity index (χ0n) is 49.9. The van der Waals surface area contributed by atoms with Gasteiger partial charge in [0.15, 0.2) is 22.0 Å². The van der Waals surface area contributed by atoms with Crippen molar-refractivity contribution in [2.75, 3.05) is 0 Å². The monoisotopic (exact) mass is 1210 g/mol. The summed E-state index contributed by atoms with van der Waals surface area (Å²) in [5.41, 5.74) is 9.83. The van der Waals surface area contributed by atoms with Crippen molar-refractivity contribution in [3.63, 3.8) is 0 Å². The summed E-state index contributed by atoms with van der Waals surface area (Å²) in [5, 5.41) is 15.0. The smallest absolute Gasteiger partial charge is 0.242 e. The van der Waals surface area contributed by atoms with Gasteiger partial charge in [-0.3, -0.25) is 8.97 Å². The summed E-state index contributed by atoms with van der Waals surface area (Å²) in [5.74, 6) is 2.16. The van der Waals surface area contributed by atoms with Crippen LogP contribution in [0.2, 0.25) is 0 Å². The van der Waals surface area contributed by atoms with Gasteiger partial charge in [0.05, 0.1) is 44.1 Å². The van der Waals surface area contributed by atoms with E-state index in [1.165, 1.54) is 52.3 Å². The third-order valence-corrected chi connectivity index (χ3v) is 28.5. The van der Waals surface area contributed by atoms with Gasteiger partial charge < -0.3 is 4.57 Å². The van der Waals surface area contributed by atoms with E-state index in [1.54, 1.807) is 0 Å².